The van der Waals surface area contributed by atoms with Crippen LogP contribution in [0, 0.1) is 6.92 Å². The van der Waals surface area contributed by atoms with Gasteiger partial charge in [0.05, 0.1) is 17.7 Å². The predicted molar refractivity (Wildman–Crippen MR) is 108 cm³/mol. The van der Waals surface area contributed by atoms with Crippen molar-refractivity contribution in [3.8, 4) is 11.3 Å². The number of benzene rings is 1. The number of ether oxygens (including phenoxy) is 1. The Labute approximate surface area is 162 Å². The van der Waals surface area contributed by atoms with Gasteiger partial charge >= 0.3 is 5.97 Å². The van der Waals surface area contributed by atoms with E-state index in [1.165, 1.54) is 18.4 Å². The molecule has 0 aliphatic carbocycles. The number of esters is 1. The molecule has 0 bridgehead atoms. The number of carbonyl (C=O) groups is 2. The second-order valence-electron chi connectivity index (χ2n) is 5.82. The summed E-state index contributed by atoms with van der Waals surface area (Å²) < 4.78 is 4.67. The Hall–Kier alpha value is -2.97. The Morgan fingerprint density at radius 3 is 2.74 bits per heavy atom. The summed E-state index contributed by atoms with van der Waals surface area (Å²) in [6.45, 7) is 2.01. The number of anilines is 1. The summed E-state index contributed by atoms with van der Waals surface area (Å²) in [5, 5.41) is 6.32. The van der Waals surface area contributed by atoms with Crippen molar-refractivity contribution in [1.29, 1.82) is 0 Å². The highest BCUT2D eigenvalue weighted by molar-refractivity contribution is 7.16. The molecule has 1 amide bonds. The molecule has 8 heteroatoms. The second-order valence-corrected chi connectivity index (χ2v) is 7.76. The van der Waals surface area contributed by atoms with Crippen LogP contribution >= 0.6 is 22.7 Å². The van der Waals surface area contributed by atoms with E-state index in [2.05, 4.69) is 20.0 Å². The molecule has 3 heterocycles. The molecule has 3 aromatic heterocycles. The molecule has 0 saturated heterocycles. The third-order valence-electron chi connectivity index (χ3n) is 4.09. The average molecular weight is 397 g/mol. The molecule has 1 aromatic carbocycles. The number of methoxy groups -OCH3 is 1. The number of nitrogens with zero attached hydrogens (tertiary/aromatic N) is 1. The Morgan fingerprint density at radius 1 is 1.15 bits per heavy atom. The molecule has 2 N–H and O–H groups in total. The Balaban J connectivity index is 1.58. The fraction of sp³-hybridized carbons (Fsp3) is 0.105. The molecule has 0 aliphatic rings. The summed E-state index contributed by atoms with van der Waals surface area (Å²) in [5.41, 5.74) is 3.93. The fourth-order valence-corrected chi connectivity index (χ4v) is 4.40. The zero-order valence-corrected chi connectivity index (χ0v) is 16.2. The Morgan fingerprint density at radius 2 is 1.93 bits per heavy atom. The largest absolute Gasteiger partial charge is 0.465 e. The van der Waals surface area contributed by atoms with Gasteiger partial charge in [-0.3, -0.25) is 10.1 Å². The van der Waals surface area contributed by atoms with Crippen LogP contribution in [0.2, 0.25) is 0 Å². The van der Waals surface area contributed by atoms with E-state index in [1.54, 1.807) is 12.1 Å². The first kappa shape index (κ1) is 17.4. The van der Waals surface area contributed by atoms with Crippen molar-refractivity contribution < 1.29 is 14.3 Å². The number of carbonyl (C=O) groups excluding carboxylic acids is 2. The molecular formula is C19H15N3O3S2. The molecule has 0 radical (unpaired) electrons. The number of aryl methyl sites for hydroxylation is 1. The number of aromatic nitrogens is 2. The van der Waals surface area contributed by atoms with Gasteiger partial charge in [-0.25, -0.2) is 9.78 Å². The maximum Gasteiger partial charge on any atom is 0.348 e. The van der Waals surface area contributed by atoms with Crippen LogP contribution in [0.25, 0.3) is 22.2 Å². The van der Waals surface area contributed by atoms with Crippen LogP contribution in [0.5, 0.6) is 0 Å². The SMILES string of the molecule is COC(=O)c1ccc(C(=O)Nc2nc(-c3c(C)[nH]c4ccccc34)cs2)s1. The minimum Gasteiger partial charge on any atom is -0.465 e. The first-order valence-electron chi connectivity index (χ1n) is 8.09. The number of thiazole rings is 1. The van der Waals surface area contributed by atoms with Gasteiger partial charge in [-0.05, 0) is 25.1 Å². The van der Waals surface area contributed by atoms with Crippen molar-refractivity contribution in [1.82, 2.24) is 9.97 Å². The Bertz CT molecular complexity index is 1160. The van der Waals surface area contributed by atoms with E-state index in [-0.39, 0.29) is 5.91 Å². The molecule has 27 heavy (non-hydrogen) atoms. The highest BCUT2D eigenvalue weighted by Gasteiger charge is 2.17. The highest BCUT2D eigenvalue weighted by Crippen LogP contribution is 2.34. The summed E-state index contributed by atoms with van der Waals surface area (Å²) in [5.74, 6) is -0.753. The van der Waals surface area contributed by atoms with Gasteiger partial charge < -0.3 is 9.72 Å². The second kappa shape index (κ2) is 6.98. The molecule has 6 nitrogen and oxygen atoms in total. The molecule has 136 valence electrons. The quantitative estimate of drug-likeness (QED) is 0.489. The van der Waals surface area contributed by atoms with E-state index in [1.807, 2.05) is 36.6 Å². The van der Waals surface area contributed by atoms with E-state index < -0.39 is 5.97 Å². The van der Waals surface area contributed by atoms with Crippen LogP contribution in [0.1, 0.15) is 25.0 Å². The third kappa shape index (κ3) is 3.24. The third-order valence-corrected chi connectivity index (χ3v) is 5.91. The van der Waals surface area contributed by atoms with Gasteiger partial charge in [0.15, 0.2) is 5.13 Å². The van der Waals surface area contributed by atoms with E-state index >= 15 is 0 Å². The monoisotopic (exact) mass is 397 g/mol. The minimum absolute atomic E-state index is 0.299. The molecule has 0 unspecified atom stereocenters. The zero-order valence-electron chi connectivity index (χ0n) is 14.5. The number of para-hydroxylation sites is 1. The van der Waals surface area contributed by atoms with Crippen molar-refractivity contribution in [2.45, 2.75) is 6.92 Å². The van der Waals surface area contributed by atoms with Gasteiger partial charge in [-0.1, -0.05) is 18.2 Å². The zero-order chi connectivity index (χ0) is 19.0. The number of amides is 1. The summed E-state index contributed by atoms with van der Waals surface area (Å²) in [4.78, 5) is 32.7. The number of nitrogens with one attached hydrogen (secondary N) is 2. The van der Waals surface area contributed by atoms with E-state index in [0.717, 1.165) is 39.2 Å². The smallest absolute Gasteiger partial charge is 0.348 e. The van der Waals surface area contributed by atoms with Gasteiger partial charge in [0.25, 0.3) is 5.91 Å². The molecular weight excluding hydrogens is 382 g/mol. The van der Waals surface area contributed by atoms with Crippen molar-refractivity contribution in [2.75, 3.05) is 12.4 Å². The molecule has 0 aliphatic heterocycles. The summed E-state index contributed by atoms with van der Waals surface area (Å²) >= 11 is 2.45. The molecule has 0 atom stereocenters. The van der Waals surface area contributed by atoms with Crippen molar-refractivity contribution >= 4 is 50.6 Å². The summed E-state index contributed by atoms with van der Waals surface area (Å²) in [7, 11) is 1.31. The lowest BCUT2D eigenvalue weighted by molar-refractivity contribution is 0.0606. The van der Waals surface area contributed by atoms with Crippen molar-refractivity contribution in [3.05, 3.63) is 57.2 Å². The number of hydrogen-bond acceptors (Lipinski definition) is 6. The standard InChI is InChI=1S/C19H15N3O3S2/c1-10-16(11-5-3-4-6-12(11)20-10)13-9-26-19(21-13)22-17(23)14-7-8-15(27-14)18(24)25-2/h3-9,20H,1-2H3,(H,21,22,23). The van der Waals surface area contributed by atoms with Crippen LogP contribution < -0.4 is 5.32 Å². The topological polar surface area (TPSA) is 84.1 Å². The van der Waals surface area contributed by atoms with E-state index in [9.17, 15) is 9.59 Å². The van der Waals surface area contributed by atoms with E-state index in [0.29, 0.717) is 14.9 Å². The number of hydrogen-bond donors (Lipinski definition) is 2. The van der Waals surface area contributed by atoms with Gasteiger partial charge in [-0.2, -0.15) is 0 Å². The summed E-state index contributed by atoms with van der Waals surface area (Å²) in [6, 6.07) is 11.2. The van der Waals surface area contributed by atoms with E-state index in [4.69, 9.17) is 0 Å². The summed E-state index contributed by atoms with van der Waals surface area (Å²) in [6.07, 6.45) is 0. The molecule has 0 fully saturated rings. The van der Waals surface area contributed by atoms with Crippen LogP contribution in [0.4, 0.5) is 5.13 Å². The molecule has 4 rings (SSSR count). The van der Waals surface area contributed by atoms with Gasteiger partial charge in [-0.15, -0.1) is 22.7 Å². The van der Waals surface area contributed by atoms with Gasteiger partial charge in [0.2, 0.25) is 0 Å². The number of thiophene rings is 1. The highest BCUT2D eigenvalue weighted by atomic mass is 32.1. The first-order valence-corrected chi connectivity index (χ1v) is 9.79. The predicted octanol–water partition coefficient (Wildman–Crippen LogP) is 4.70. The lowest BCUT2D eigenvalue weighted by atomic mass is 10.1. The number of aromatic amines is 1. The average Bonchev–Trinajstić information content (AvgIpc) is 3.38. The normalized spacial score (nSPS) is 10.9. The number of H-pyrrole nitrogens is 1. The first-order chi connectivity index (χ1) is 13.1. The molecule has 0 spiro atoms. The Kier molecular flexibility index (Phi) is 4.51. The fourth-order valence-electron chi connectivity index (χ4n) is 2.88. The minimum atomic E-state index is -0.453. The van der Waals surface area contributed by atoms with Crippen LogP contribution in [-0.4, -0.2) is 29.0 Å². The molecule has 4 aromatic rings. The number of fused-ring (bicyclic) bond motifs is 1. The van der Waals surface area contributed by atoms with Crippen LogP contribution in [0.3, 0.4) is 0 Å². The maximum absolute atomic E-state index is 12.4. The van der Waals surface area contributed by atoms with Crippen molar-refractivity contribution in [2.24, 2.45) is 0 Å². The van der Waals surface area contributed by atoms with Gasteiger partial charge in [0.1, 0.15) is 4.88 Å². The lowest BCUT2D eigenvalue weighted by Gasteiger charge is -1.99. The van der Waals surface area contributed by atoms with Crippen LogP contribution in [0.15, 0.2) is 41.8 Å². The van der Waals surface area contributed by atoms with Crippen molar-refractivity contribution in [3.63, 3.8) is 0 Å². The molecule has 0 saturated carbocycles. The van der Waals surface area contributed by atoms with Gasteiger partial charge in [0, 0.05) is 27.5 Å². The lowest BCUT2D eigenvalue weighted by Crippen LogP contribution is -2.09. The number of rotatable bonds is 4. The van der Waals surface area contributed by atoms with Crippen LogP contribution in [-0.2, 0) is 4.74 Å². The maximum atomic E-state index is 12.4.